The number of carboxylic acid groups (broad SMARTS) is 1. The maximum Gasteiger partial charge on any atom is 0.407 e. The Bertz CT molecular complexity index is 486. The van der Waals surface area contributed by atoms with Gasteiger partial charge in [0, 0.05) is 31.5 Å². The number of rotatable bonds is 2. The summed E-state index contributed by atoms with van der Waals surface area (Å²) in [5.74, 6) is 0.653. The molecule has 5 heteroatoms. The molecule has 0 aromatic carbocycles. The highest BCUT2D eigenvalue weighted by atomic mass is 16.4. The summed E-state index contributed by atoms with van der Waals surface area (Å²) in [6.45, 7) is 3.64. The number of amides is 1. The third-order valence-corrected chi connectivity index (χ3v) is 5.19. The largest absolute Gasteiger partial charge is 0.465 e. The van der Waals surface area contributed by atoms with Crippen LogP contribution in [0.4, 0.5) is 4.79 Å². The van der Waals surface area contributed by atoms with E-state index in [2.05, 4.69) is 22.0 Å². The van der Waals surface area contributed by atoms with Crippen molar-refractivity contribution in [1.29, 1.82) is 0 Å². The highest BCUT2D eigenvalue weighted by molar-refractivity contribution is 5.64. The molecule has 1 amide bonds. The Morgan fingerprint density at radius 1 is 1.05 bits per heavy atom. The van der Waals surface area contributed by atoms with E-state index in [9.17, 15) is 4.79 Å². The van der Waals surface area contributed by atoms with Gasteiger partial charge in [0.25, 0.3) is 0 Å². The van der Waals surface area contributed by atoms with Crippen LogP contribution in [0.5, 0.6) is 0 Å². The molecule has 0 saturated carbocycles. The van der Waals surface area contributed by atoms with E-state index in [1.165, 1.54) is 18.4 Å². The van der Waals surface area contributed by atoms with Gasteiger partial charge in [-0.25, -0.2) is 4.79 Å². The van der Waals surface area contributed by atoms with Crippen molar-refractivity contribution >= 4 is 6.09 Å². The van der Waals surface area contributed by atoms with Crippen LogP contribution in [0.2, 0.25) is 0 Å². The van der Waals surface area contributed by atoms with Crippen molar-refractivity contribution in [2.75, 3.05) is 26.2 Å². The van der Waals surface area contributed by atoms with Crippen LogP contribution in [0.15, 0.2) is 24.5 Å². The van der Waals surface area contributed by atoms with Gasteiger partial charge in [-0.1, -0.05) is 0 Å². The minimum absolute atomic E-state index is 0.558. The van der Waals surface area contributed by atoms with Crippen LogP contribution in [0.3, 0.4) is 0 Å². The lowest BCUT2D eigenvalue weighted by Crippen LogP contribution is -2.41. The zero-order valence-corrected chi connectivity index (χ0v) is 13.0. The number of carbonyl (C=O) groups is 1. The third-order valence-electron chi connectivity index (χ3n) is 5.19. The molecule has 1 aromatic rings. The van der Waals surface area contributed by atoms with Crippen LogP contribution < -0.4 is 0 Å². The molecule has 0 radical (unpaired) electrons. The van der Waals surface area contributed by atoms with Crippen molar-refractivity contribution < 1.29 is 9.90 Å². The fourth-order valence-electron chi connectivity index (χ4n) is 3.87. The Morgan fingerprint density at radius 3 is 2.45 bits per heavy atom. The molecule has 1 unspecified atom stereocenters. The van der Waals surface area contributed by atoms with E-state index in [0.29, 0.717) is 25.0 Å². The standard InChI is InChI=1S/C17H25N3O2/c21-17(22)20-10-1-2-16(7-13-20)19-11-5-15(6-12-19)14-3-8-18-9-4-14/h3-4,8-9,15-16H,1-2,5-7,10-13H2,(H,21,22). The van der Waals surface area contributed by atoms with Gasteiger partial charge in [0.2, 0.25) is 0 Å². The average molecular weight is 303 g/mol. The van der Waals surface area contributed by atoms with Crippen molar-refractivity contribution in [2.45, 2.75) is 44.1 Å². The maximum atomic E-state index is 11.1. The van der Waals surface area contributed by atoms with Crippen LogP contribution in [-0.2, 0) is 0 Å². The summed E-state index contributed by atoms with van der Waals surface area (Å²) in [5, 5.41) is 9.13. The molecule has 0 spiro atoms. The Hall–Kier alpha value is -1.62. The van der Waals surface area contributed by atoms with Gasteiger partial charge in [-0.2, -0.15) is 0 Å². The second kappa shape index (κ2) is 7.09. The first kappa shape index (κ1) is 15.3. The Morgan fingerprint density at radius 2 is 1.77 bits per heavy atom. The van der Waals surface area contributed by atoms with Crippen LogP contribution >= 0.6 is 0 Å². The van der Waals surface area contributed by atoms with E-state index < -0.39 is 6.09 Å². The first-order valence-electron chi connectivity index (χ1n) is 8.36. The molecule has 3 heterocycles. The van der Waals surface area contributed by atoms with Gasteiger partial charge in [-0.3, -0.25) is 4.98 Å². The zero-order valence-electron chi connectivity index (χ0n) is 13.0. The van der Waals surface area contributed by atoms with Crippen LogP contribution in [0.25, 0.3) is 0 Å². The second-order valence-corrected chi connectivity index (χ2v) is 6.45. The van der Waals surface area contributed by atoms with Crippen molar-refractivity contribution in [2.24, 2.45) is 0 Å². The second-order valence-electron chi connectivity index (χ2n) is 6.45. The maximum absolute atomic E-state index is 11.1. The van der Waals surface area contributed by atoms with E-state index in [0.717, 1.165) is 32.4 Å². The number of nitrogens with zero attached hydrogens (tertiary/aromatic N) is 3. The molecule has 0 aliphatic carbocycles. The molecule has 2 aliphatic heterocycles. The average Bonchev–Trinajstić information content (AvgIpc) is 2.82. The Balaban J connectivity index is 1.52. The Labute approximate surface area is 131 Å². The summed E-state index contributed by atoms with van der Waals surface area (Å²) in [7, 11) is 0. The van der Waals surface area contributed by atoms with Crippen molar-refractivity contribution in [3.05, 3.63) is 30.1 Å². The van der Waals surface area contributed by atoms with Gasteiger partial charge in [0.15, 0.2) is 0 Å². The van der Waals surface area contributed by atoms with Crippen LogP contribution in [0, 0.1) is 0 Å². The lowest BCUT2D eigenvalue weighted by atomic mass is 9.89. The monoisotopic (exact) mass is 303 g/mol. The summed E-state index contributed by atoms with van der Waals surface area (Å²) in [4.78, 5) is 19.4. The molecular formula is C17H25N3O2. The summed E-state index contributed by atoms with van der Waals surface area (Å²) in [6, 6.07) is 4.83. The van der Waals surface area contributed by atoms with Gasteiger partial charge >= 0.3 is 6.09 Å². The molecule has 0 bridgehead atoms. The molecule has 1 N–H and O–H groups in total. The van der Waals surface area contributed by atoms with E-state index in [1.54, 1.807) is 4.90 Å². The highest BCUT2D eigenvalue weighted by Gasteiger charge is 2.28. The summed E-state index contributed by atoms with van der Waals surface area (Å²) in [6.07, 6.45) is 8.49. The zero-order chi connectivity index (χ0) is 15.4. The van der Waals surface area contributed by atoms with E-state index in [4.69, 9.17) is 5.11 Å². The van der Waals surface area contributed by atoms with Crippen molar-refractivity contribution in [3.8, 4) is 0 Å². The summed E-state index contributed by atoms with van der Waals surface area (Å²) < 4.78 is 0. The number of likely N-dealkylation sites (tertiary alicyclic amines) is 2. The van der Waals surface area contributed by atoms with Gasteiger partial charge in [-0.05, 0) is 68.8 Å². The molecule has 2 fully saturated rings. The smallest absolute Gasteiger partial charge is 0.407 e. The fourth-order valence-corrected chi connectivity index (χ4v) is 3.87. The molecule has 1 atom stereocenters. The van der Waals surface area contributed by atoms with Crippen molar-refractivity contribution in [3.63, 3.8) is 0 Å². The first-order chi connectivity index (χ1) is 10.7. The minimum atomic E-state index is -0.767. The number of aromatic nitrogens is 1. The molecule has 2 aliphatic rings. The van der Waals surface area contributed by atoms with Crippen LogP contribution in [-0.4, -0.2) is 58.2 Å². The molecule has 120 valence electrons. The molecule has 1 aromatic heterocycles. The summed E-state index contributed by atoms with van der Waals surface area (Å²) in [5.41, 5.74) is 1.41. The lowest BCUT2D eigenvalue weighted by Gasteiger charge is -2.37. The SMILES string of the molecule is O=C(O)N1CCCC(N2CCC(c3ccncc3)CC2)CC1. The first-order valence-corrected chi connectivity index (χ1v) is 8.36. The third kappa shape index (κ3) is 3.58. The molecule has 2 saturated heterocycles. The quantitative estimate of drug-likeness (QED) is 0.913. The van der Waals surface area contributed by atoms with E-state index in [-0.39, 0.29) is 0 Å². The topological polar surface area (TPSA) is 56.7 Å². The lowest BCUT2D eigenvalue weighted by molar-refractivity contribution is 0.131. The minimum Gasteiger partial charge on any atom is -0.465 e. The fraction of sp³-hybridized carbons (Fsp3) is 0.647. The van der Waals surface area contributed by atoms with Crippen LogP contribution in [0.1, 0.15) is 43.6 Å². The van der Waals surface area contributed by atoms with Gasteiger partial charge in [0.05, 0.1) is 0 Å². The molecule has 3 rings (SSSR count). The highest BCUT2D eigenvalue weighted by Crippen LogP contribution is 2.30. The number of hydrogen-bond donors (Lipinski definition) is 1. The van der Waals surface area contributed by atoms with Crippen molar-refractivity contribution in [1.82, 2.24) is 14.8 Å². The summed E-state index contributed by atoms with van der Waals surface area (Å²) >= 11 is 0. The van der Waals surface area contributed by atoms with Gasteiger partial charge in [0.1, 0.15) is 0 Å². The number of hydrogen-bond acceptors (Lipinski definition) is 3. The number of piperidine rings is 1. The molecule has 22 heavy (non-hydrogen) atoms. The molecule has 5 nitrogen and oxygen atoms in total. The predicted molar refractivity (Wildman–Crippen MR) is 85.0 cm³/mol. The van der Waals surface area contributed by atoms with Gasteiger partial charge in [-0.15, -0.1) is 0 Å². The van der Waals surface area contributed by atoms with Gasteiger partial charge < -0.3 is 14.9 Å². The Kier molecular flexibility index (Phi) is 4.93. The van der Waals surface area contributed by atoms with E-state index in [1.807, 2.05) is 12.4 Å². The molecular weight excluding hydrogens is 278 g/mol. The number of pyridine rings is 1. The predicted octanol–water partition coefficient (Wildman–Crippen LogP) is 2.79. The normalized spacial score (nSPS) is 24.9. The van der Waals surface area contributed by atoms with E-state index >= 15 is 0 Å².